The van der Waals surface area contributed by atoms with Gasteiger partial charge in [-0.1, -0.05) is 36.8 Å². The monoisotopic (exact) mass is 373 g/mol. The van der Waals surface area contributed by atoms with Crippen LogP contribution in [0.1, 0.15) is 41.2 Å². The summed E-state index contributed by atoms with van der Waals surface area (Å²) in [4.78, 5) is 0.406. The molecule has 0 bridgehead atoms. The summed E-state index contributed by atoms with van der Waals surface area (Å²) in [6.07, 6.45) is 2.33. The van der Waals surface area contributed by atoms with Crippen LogP contribution in [0.4, 0.5) is 0 Å². The number of benzene rings is 2. The van der Waals surface area contributed by atoms with E-state index in [4.69, 9.17) is 4.74 Å². The van der Waals surface area contributed by atoms with Gasteiger partial charge in [0, 0.05) is 12.5 Å². The summed E-state index contributed by atoms with van der Waals surface area (Å²) in [6.45, 7) is 8.44. The van der Waals surface area contributed by atoms with E-state index in [1.54, 1.807) is 0 Å². The molecule has 0 aromatic heterocycles. The largest absolute Gasteiger partial charge is 0.493 e. The lowest BCUT2D eigenvalue weighted by molar-refractivity contribution is 0.357. The van der Waals surface area contributed by atoms with Gasteiger partial charge in [-0.25, -0.2) is 13.1 Å². The predicted molar refractivity (Wildman–Crippen MR) is 104 cm³/mol. The van der Waals surface area contributed by atoms with Crippen molar-refractivity contribution in [1.29, 1.82) is 0 Å². The highest BCUT2D eigenvalue weighted by Crippen LogP contribution is 2.27. The van der Waals surface area contributed by atoms with Crippen molar-refractivity contribution in [3.05, 3.63) is 58.1 Å². The lowest BCUT2D eigenvalue weighted by Crippen LogP contribution is -2.36. The second-order valence-electron chi connectivity index (χ2n) is 7.20. The van der Waals surface area contributed by atoms with E-state index < -0.39 is 10.0 Å². The maximum Gasteiger partial charge on any atom is 0.241 e. The van der Waals surface area contributed by atoms with Gasteiger partial charge in [-0.2, -0.15) is 0 Å². The van der Waals surface area contributed by atoms with Gasteiger partial charge in [0.1, 0.15) is 5.75 Å². The van der Waals surface area contributed by atoms with Crippen molar-refractivity contribution < 1.29 is 13.2 Å². The first-order valence-electron chi connectivity index (χ1n) is 9.15. The van der Waals surface area contributed by atoms with Gasteiger partial charge in [-0.15, -0.1) is 0 Å². The highest BCUT2D eigenvalue weighted by atomic mass is 32.2. The minimum atomic E-state index is -3.56. The van der Waals surface area contributed by atoms with Crippen molar-refractivity contribution in [1.82, 2.24) is 4.72 Å². The molecular weight excluding hydrogens is 346 g/mol. The molecule has 2 aromatic rings. The SMILES string of the molecule is CCC(Cc1ccc2c(c1)CCO2)NS(=O)(=O)c1c(C)cc(C)cc1C. The molecule has 0 aliphatic carbocycles. The normalized spacial score (nSPS) is 14.8. The second-order valence-corrected chi connectivity index (χ2v) is 8.85. The van der Waals surface area contributed by atoms with E-state index in [-0.39, 0.29) is 6.04 Å². The smallest absolute Gasteiger partial charge is 0.241 e. The molecule has 1 unspecified atom stereocenters. The van der Waals surface area contributed by atoms with Crippen molar-refractivity contribution in [2.24, 2.45) is 0 Å². The van der Waals surface area contributed by atoms with E-state index in [0.29, 0.717) is 11.3 Å². The second kappa shape index (κ2) is 7.41. The molecule has 0 fully saturated rings. The van der Waals surface area contributed by atoms with Crippen LogP contribution < -0.4 is 9.46 Å². The minimum absolute atomic E-state index is 0.138. The lowest BCUT2D eigenvalue weighted by atomic mass is 10.0. The Kier molecular flexibility index (Phi) is 5.39. The van der Waals surface area contributed by atoms with Gasteiger partial charge in [0.15, 0.2) is 0 Å². The number of aryl methyl sites for hydroxylation is 3. The molecule has 140 valence electrons. The van der Waals surface area contributed by atoms with Gasteiger partial charge < -0.3 is 4.74 Å². The number of hydrogen-bond donors (Lipinski definition) is 1. The number of sulfonamides is 1. The van der Waals surface area contributed by atoms with E-state index >= 15 is 0 Å². The van der Waals surface area contributed by atoms with Crippen molar-refractivity contribution in [2.45, 2.75) is 57.9 Å². The Balaban J connectivity index is 1.81. The Hall–Kier alpha value is -1.85. The molecule has 26 heavy (non-hydrogen) atoms. The van der Waals surface area contributed by atoms with E-state index in [1.165, 1.54) is 5.56 Å². The molecule has 0 spiro atoms. The molecule has 1 N–H and O–H groups in total. The van der Waals surface area contributed by atoms with Gasteiger partial charge in [-0.05, 0) is 61.9 Å². The number of rotatable bonds is 6. The van der Waals surface area contributed by atoms with Crippen molar-refractivity contribution >= 4 is 10.0 Å². The number of hydrogen-bond acceptors (Lipinski definition) is 3. The molecule has 1 aliphatic rings. The molecule has 1 heterocycles. The van der Waals surface area contributed by atoms with Crippen LogP contribution in [0, 0.1) is 20.8 Å². The number of fused-ring (bicyclic) bond motifs is 1. The van der Waals surface area contributed by atoms with Crippen LogP contribution in [0.2, 0.25) is 0 Å². The molecular formula is C21H27NO3S. The molecule has 3 rings (SSSR count). The fourth-order valence-corrected chi connectivity index (χ4v) is 5.56. The summed E-state index contributed by atoms with van der Waals surface area (Å²) in [5.74, 6) is 0.952. The van der Waals surface area contributed by atoms with Gasteiger partial charge >= 0.3 is 0 Å². The van der Waals surface area contributed by atoms with Crippen molar-refractivity contribution in [3.8, 4) is 5.75 Å². The third kappa shape index (κ3) is 3.94. The number of ether oxygens (including phenoxy) is 1. The third-order valence-corrected chi connectivity index (χ3v) is 6.75. The Labute approximate surface area is 156 Å². The summed E-state index contributed by atoms with van der Waals surface area (Å²) in [6, 6.07) is 9.87. The highest BCUT2D eigenvalue weighted by Gasteiger charge is 2.23. The Morgan fingerprint density at radius 1 is 1.12 bits per heavy atom. The lowest BCUT2D eigenvalue weighted by Gasteiger charge is -2.20. The minimum Gasteiger partial charge on any atom is -0.493 e. The molecule has 5 heteroatoms. The number of nitrogens with one attached hydrogen (secondary N) is 1. The fourth-order valence-electron chi connectivity index (χ4n) is 3.79. The first kappa shape index (κ1) is 18.9. The van der Waals surface area contributed by atoms with Crippen molar-refractivity contribution in [2.75, 3.05) is 6.61 Å². The molecule has 2 aromatic carbocycles. The highest BCUT2D eigenvalue weighted by molar-refractivity contribution is 7.89. The molecule has 0 saturated carbocycles. The van der Waals surface area contributed by atoms with Crippen LogP contribution in [-0.4, -0.2) is 21.1 Å². The van der Waals surface area contributed by atoms with Crippen LogP contribution in [0.5, 0.6) is 5.75 Å². The summed E-state index contributed by atoms with van der Waals surface area (Å²) < 4.78 is 34.5. The maximum atomic E-state index is 13.0. The summed E-state index contributed by atoms with van der Waals surface area (Å²) >= 11 is 0. The Morgan fingerprint density at radius 2 is 1.81 bits per heavy atom. The Bertz CT molecular complexity index is 896. The topological polar surface area (TPSA) is 55.4 Å². The predicted octanol–water partition coefficient (Wildman–Crippen LogP) is 3.85. The van der Waals surface area contributed by atoms with E-state index in [1.807, 2.05) is 52.0 Å². The van der Waals surface area contributed by atoms with Crippen LogP contribution in [0.25, 0.3) is 0 Å². The summed E-state index contributed by atoms with van der Waals surface area (Å²) in [5.41, 5.74) is 5.01. The van der Waals surface area contributed by atoms with Crippen LogP contribution in [0.3, 0.4) is 0 Å². The molecule has 1 aliphatic heterocycles. The van der Waals surface area contributed by atoms with E-state index in [9.17, 15) is 8.42 Å². The quantitative estimate of drug-likeness (QED) is 0.837. The zero-order valence-corrected chi connectivity index (χ0v) is 16.7. The van der Waals surface area contributed by atoms with E-state index in [2.05, 4.69) is 10.8 Å². The standard InChI is InChI=1S/C21H27NO3S/c1-5-19(13-17-6-7-20-18(12-17)8-9-25-20)22-26(23,24)21-15(3)10-14(2)11-16(21)4/h6-7,10-12,19,22H,5,8-9,13H2,1-4H3. The van der Waals surface area contributed by atoms with Crippen molar-refractivity contribution in [3.63, 3.8) is 0 Å². The molecule has 0 radical (unpaired) electrons. The van der Waals surface area contributed by atoms with E-state index in [0.717, 1.165) is 47.5 Å². The summed E-state index contributed by atoms with van der Waals surface area (Å²) in [7, 11) is -3.56. The molecule has 0 saturated heterocycles. The van der Waals surface area contributed by atoms with Crippen LogP contribution in [-0.2, 0) is 22.9 Å². The zero-order chi connectivity index (χ0) is 18.9. The average Bonchev–Trinajstić information content (AvgIpc) is 3.00. The van der Waals surface area contributed by atoms with Crippen LogP contribution >= 0.6 is 0 Å². The van der Waals surface area contributed by atoms with Gasteiger partial charge in [0.2, 0.25) is 10.0 Å². The van der Waals surface area contributed by atoms with Gasteiger partial charge in [0.25, 0.3) is 0 Å². The third-order valence-electron chi connectivity index (χ3n) is 4.92. The first-order chi connectivity index (χ1) is 12.3. The average molecular weight is 374 g/mol. The van der Waals surface area contributed by atoms with Crippen LogP contribution in [0.15, 0.2) is 35.2 Å². The first-order valence-corrected chi connectivity index (χ1v) is 10.6. The zero-order valence-electron chi connectivity index (χ0n) is 15.9. The molecule has 4 nitrogen and oxygen atoms in total. The fraction of sp³-hybridized carbons (Fsp3) is 0.429. The Morgan fingerprint density at radius 3 is 2.46 bits per heavy atom. The maximum absolute atomic E-state index is 13.0. The van der Waals surface area contributed by atoms with Gasteiger partial charge in [-0.3, -0.25) is 0 Å². The van der Waals surface area contributed by atoms with Gasteiger partial charge in [0.05, 0.1) is 11.5 Å². The molecule has 0 amide bonds. The molecule has 1 atom stereocenters. The summed E-state index contributed by atoms with van der Waals surface area (Å²) in [5, 5.41) is 0.